The SMILES string of the molecule is c1ccc(-n2c3cccc(c3)c3cccc(c3)n(-c3ccc4c(c3)c3ccccc3n4-c3ccccc3)c3ccc4c(c3)c3cc2ccc3n4-c2ccccc2)cc1. The summed E-state index contributed by atoms with van der Waals surface area (Å²) in [5.74, 6) is 0. The number of hydrogen-bond donors (Lipinski definition) is 0. The van der Waals surface area contributed by atoms with Crippen LogP contribution in [0.3, 0.4) is 0 Å². The second-order valence-electron chi connectivity index (χ2n) is 15.1. The average Bonchev–Trinajstić information content (AvgIpc) is 3.79. The minimum Gasteiger partial charge on any atom is -0.310 e. The van der Waals surface area contributed by atoms with Gasteiger partial charge in [0.2, 0.25) is 0 Å². The van der Waals surface area contributed by atoms with Gasteiger partial charge in [-0.05, 0) is 132 Å². The first kappa shape index (κ1) is 32.4. The molecule has 0 fully saturated rings. The van der Waals surface area contributed by atoms with E-state index in [4.69, 9.17) is 0 Å². The lowest BCUT2D eigenvalue weighted by Crippen LogP contribution is -1.98. The van der Waals surface area contributed by atoms with E-state index in [1.807, 2.05) is 0 Å². The summed E-state index contributed by atoms with van der Waals surface area (Å²) in [6, 6.07) is 79.6. The molecule has 0 aliphatic heterocycles. The fourth-order valence-corrected chi connectivity index (χ4v) is 9.21. The van der Waals surface area contributed by atoms with E-state index in [1.54, 1.807) is 0 Å². The maximum absolute atomic E-state index is 2.43. The van der Waals surface area contributed by atoms with Crippen LogP contribution in [0.25, 0.3) is 99.2 Å². The number of rotatable bonds is 4. The molecule has 272 valence electrons. The molecular formula is C54H36N4. The van der Waals surface area contributed by atoms with Crippen molar-refractivity contribution in [1.29, 1.82) is 0 Å². The molecule has 58 heavy (non-hydrogen) atoms. The highest BCUT2D eigenvalue weighted by atomic mass is 15.0. The van der Waals surface area contributed by atoms with Gasteiger partial charge in [-0.2, -0.15) is 0 Å². The Morgan fingerprint density at radius 3 is 1.14 bits per heavy atom. The van der Waals surface area contributed by atoms with Gasteiger partial charge in [-0.25, -0.2) is 0 Å². The fraction of sp³-hybridized carbons (Fsp3) is 0. The van der Waals surface area contributed by atoms with E-state index in [2.05, 4.69) is 237 Å². The molecule has 12 rings (SSSR count). The Hall–Kier alpha value is -7.82. The first-order valence-corrected chi connectivity index (χ1v) is 19.8. The molecular weight excluding hydrogens is 705 g/mol. The highest BCUT2D eigenvalue weighted by molar-refractivity contribution is 6.13. The molecule has 4 nitrogen and oxygen atoms in total. The molecule has 0 radical (unpaired) electrons. The molecule has 12 aromatic rings. The van der Waals surface area contributed by atoms with Crippen LogP contribution in [0.5, 0.6) is 0 Å². The van der Waals surface area contributed by atoms with Crippen LogP contribution in [-0.2, 0) is 0 Å². The molecule has 0 saturated carbocycles. The van der Waals surface area contributed by atoms with Crippen molar-refractivity contribution < 1.29 is 0 Å². The van der Waals surface area contributed by atoms with Crippen LogP contribution in [0.1, 0.15) is 0 Å². The number of para-hydroxylation sites is 4. The summed E-state index contributed by atoms with van der Waals surface area (Å²) in [6.45, 7) is 0. The van der Waals surface area contributed by atoms with E-state index in [0.717, 1.165) is 61.1 Å². The molecule has 3 heterocycles. The Morgan fingerprint density at radius 2 is 0.603 bits per heavy atom. The Kier molecular flexibility index (Phi) is 7.20. The predicted octanol–water partition coefficient (Wildman–Crippen LogP) is 14.0. The number of aromatic nitrogens is 4. The average molecular weight is 741 g/mol. The van der Waals surface area contributed by atoms with Crippen molar-refractivity contribution in [1.82, 2.24) is 18.3 Å². The summed E-state index contributed by atoms with van der Waals surface area (Å²) >= 11 is 0. The van der Waals surface area contributed by atoms with E-state index >= 15 is 0 Å². The normalized spacial score (nSPS) is 11.8. The highest BCUT2D eigenvalue weighted by Crippen LogP contribution is 2.37. The van der Waals surface area contributed by atoms with Crippen LogP contribution in [0.4, 0.5) is 0 Å². The van der Waals surface area contributed by atoms with Gasteiger partial charge in [0.05, 0.1) is 22.1 Å². The number of benzene rings is 9. The summed E-state index contributed by atoms with van der Waals surface area (Å²) in [5, 5.41) is 7.15. The fourth-order valence-electron chi connectivity index (χ4n) is 9.21. The maximum atomic E-state index is 2.43. The number of nitrogens with zero attached hydrogens (tertiary/aromatic N) is 4. The van der Waals surface area contributed by atoms with Gasteiger partial charge in [-0.3, -0.25) is 0 Å². The molecule has 0 unspecified atom stereocenters. The third-order valence-corrected chi connectivity index (χ3v) is 11.7. The zero-order valence-electron chi connectivity index (χ0n) is 31.6. The molecule has 0 saturated heterocycles. The van der Waals surface area contributed by atoms with Crippen LogP contribution in [0, 0.1) is 0 Å². The smallest absolute Gasteiger partial charge is 0.0542 e. The van der Waals surface area contributed by atoms with Gasteiger partial charge in [-0.15, -0.1) is 0 Å². The van der Waals surface area contributed by atoms with Crippen molar-refractivity contribution in [2.24, 2.45) is 0 Å². The van der Waals surface area contributed by atoms with E-state index in [9.17, 15) is 0 Å². The standard InChI is InChI=1S/C54H36N4/c1-4-16-39(17-5-1)55-42-22-12-14-37(32-42)38-15-13-23-43(33-38)56(45-27-29-52-48(34-45)47-24-10-11-25-51(47)57(52)40-18-6-2-7-19-40)46-28-31-54-50(36-46)49-35-44(55)26-30-53(49)58(54)41-20-8-3-9-21-41/h1-36H. The number of fused-ring (bicyclic) bond motifs is 10. The summed E-state index contributed by atoms with van der Waals surface area (Å²) in [4.78, 5) is 0. The van der Waals surface area contributed by atoms with Gasteiger partial charge in [0.15, 0.2) is 0 Å². The Labute approximate surface area is 334 Å². The molecule has 3 aromatic heterocycles. The molecule has 4 heteroatoms. The molecule has 9 aromatic carbocycles. The van der Waals surface area contributed by atoms with Gasteiger partial charge in [0.25, 0.3) is 0 Å². The van der Waals surface area contributed by atoms with Gasteiger partial charge < -0.3 is 18.3 Å². The van der Waals surface area contributed by atoms with E-state index in [0.29, 0.717) is 0 Å². The number of hydrogen-bond acceptors (Lipinski definition) is 0. The van der Waals surface area contributed by atoms with Crippen molar-refractivity contribution in [3.63, 3.8) is 0 Å². The van der Waals surface area contributed by atoms with Crippen LogP contribution in [0.15, 0.2) is 218 Å². The van der Waals surface area contributed by atoms with Crippen LogP contribution < -0.4 is 0 Å². The second kappa shape index (κ2) is 12.9. The monoisotopic (exact) mass is 740 g/mol. The first-order valence-electron chi connectivity index (χ1n) is 19.8. The summed E-state index contributed by atoms with van der Waals surface area (Å²) in [6.07, 6.45) is 0. The minimum absolute atomic E-state index is 1.10. The summed E-state index contributed by atoms with van der Waals surface area (Å²) in [5.41, 5.74) is 13.6. The quantitative estimate of drug-likeness (QED) is 0.171. The lowest BCUT2D eigenvalue weighted by Gasteiger charge is -2.14. The summed E-state index contributed by atoms with van der Waals surface area (Å²) < 4.78 is 9.59. The minimum atomic E-state index is 1.10. The van der Waals surface area contributed by atoms with Crippen LogP contribution >= 0.6 is 0 Å². The Morgan fingerprint density at radius 1 is 0.207 bits per heavy atom. The molecule has 8 bridgehead atoms. The van der Waals surface area contributed by atoms with Crippen LogP contribution in [-0.4, -0.2) is 18.3 Å². The third-order valence-electron chi connectivity index (χ3n) is 11.7. The first-order chi connectivity index (χ1) is 28.8. The molecule has 0 atom stereocenters. The van der Waals surface area contributed by atoms with Gasteiger partial charge in [0, 0.05) is 66.4 Å². The van der Waals surface area contributed by atoms with Crippen molar-refractivity contribution in [3.8, 4) is 22.7 Å². The largest absolute Gasteiger partial charge is 0.310 e. The Bertz CT molecular complexity index is 3600. The van der Waals surface area contributed by atoms with E-state index in [1.165, 1.54) is 38.1 Å². The zero-order valence-corrected chi connectivity index (χ0v) is 31.6. The third kappa shape index (κ3) is 5.02. The Balaban J connectivity index is 1.25. The maximum Gasteiger partial charge on any atom is 0.0542 e. The van der Waals surface area contributed by atoms with Crippen LogP contribution in [0.2, 0.25) is 0 Å². The topological polar surface area (TPSA) is 19.7 Å². The highest BCUT2D eigenvalue weighted by Gasteiger charge is 2.17. The van der Waals surface area contributed by atoms with E-state index < -0.39 is 0 Å². The summed E-state index contributed by atoms with van der Waals surface area (Å²) in [7, 11) is 0. The van der Waals surface area contributed by atoms with Gasteiger partial charge in [0.1, 0.15) is 0 Å². The molecule has 0 aliphatic carbocycles. The van der Waals surface area contributed by atoms with Crippen molar-refractivity contribution in [2.45, 2.75) is 0 Å². The van der Waals surface area contributed by atoms with Crippen molar-refractivity contribution in [3.05, 3.63) is 218 Å². The van der Waals surface area contributed by atoms with E-state index in [-0.39, 0.29) is 0 Å². The van der Waals surface area contributed by atoms with Crippen molar-refractivity contribution in [2.75, 3.05) is 0 Å². The molecule has 0 aliphatic rings. The lowest BCUT2D eigenvalue weighted by molar-refractivity contribution is 1.15. The molecule has 0 N–H and O–H groups in total. The second-order valence-corrected chi connectivity index (χ2v) is 15.1. The van der Waals surface area contributed by atoms with Gasteiger partial charge >= 0.3 is 0 Å². The predicted molar refractivity (Wildman–Crippen MR) is 244 cm³/mol. The molecule has 0 amide bonds. The lowest BCUT2D eigenvalue weighted by atomic mass is 10.1. The van der Waals surface area contributed by atoms with Crippen molar-refractivity contribution >= 4 is 76.5 Å². The molecule has 0 spiro atoms. The zero-order chi connectivity index (χ0) is 38.2. The van der Waals surface area contributed by atoms with Gasteiger partial charge in [-0.1, -0.05) is 97.1 Å².